The number of rotatable bonds is 5. The molecule has 0 amide bonds. The Morgan fingerprint density at radius 2 is 2.26 bits per heavy atom. The van der Waals surface area contributed by atoms with Crippen LogP contribution in [-0.2, 0) is 11.3 Å². The third kappa shape index (κ3) is 2.86. The molecule has 0 aliphatic heterocycles. The van der Waals surface area contributed by atoms with Crippen molar-refractivity contribution in [2.24, 2.45) is 0 Å². The average molecular weight is 261 g/mol. The highest BCUT2D eigenvalue weighted by atomic mass is 16.5. The highest BCUT2D eigenvalue weighted by Crippen LogP contribution is 2.13. The Hall–Kier alpha value is -2.04. The molecule has 0 aliphatic rings. The first kappa shape index (κ1) is 13.4. The van der Waals surface area contributed by atoms with Crippen LogP contribution in [0.3, 0.4) is 0 Å². The Bertz CT molecular complexity index is 555. The van der Waals surface area contributed by atoms with E-state index in [1.54, 1.807) is 13.0 Å². The molecular weight excluding hydrogens is 242 g/mol. The van der Waals surface area contributed by atoms with Crippen LogP contribution in [0.15, 0.2) is 30.9 Å². The number of carbonyl (C=O) groups excluding carboxylic acids is 1. The number of aromatic nitrogens is 3. The molecule has 2 rings (SSSR count). The fourth-order valence-electron chi connectivity index (χ4n) is 2.04. The molecule has 0 fully saturated rings. The minimum atomic E-state index is -0.289. The standard InChI is InChI=1S/C14H19N3O2/c1-4-19-14(18)13-6-5-7-16(13)9-12-8-15-10-17(12)11(2)3/h5-8,10-11H,4,9H2,1-3H3. The summed E-state index contributed by atoms with van der Waals surface area (Å²) >= 11 is 0. The summed E-state index contributed by atoms with van der Waals surface area (Å²) in [5, 5.41) is 0. The second-order valence-corrected chi connectivity index (χ2v) is 4.63. The molecule has 0 spiro atoms. The maximum Gasteiger partial charge on any atom is 0.354 e. The molecule has 0 atom stereocenters. The number of esters is 1. The minimum absolute atomic E-state index is 0.289. The van der Waals surface area contributed by atoms with Crippen LogP contribution in [0.1, 0.15) is 43.0 Å². The van der Waals surface area contributed by atoms with Gasteiger partial charge in [0.25, 0.3) is 0 Å². The van der Waals surface area contributed by atoms with Gasteiger partial charge in [-0.05, 0) is 32.9 Å². The summed E-state index contributed by atoms with van der Waals surface area (Å²) in [6.45, 7) is 7.01. The number of nitrogens with zero attached hydrogens (tertiary/aromatic N) is 3. The summed E-state index contributed by atoms with van der Waals surface area (Å²) in [6.07, 6.45) is 5.52. The number of ether oxygens (including phenoxy) is 1. The summed E-state index contributed by atoms with van der Waals surface area (Å²) in [7, 11) is 0. The van der Waals surface area contributed by atoms with Gasteiger partial charge in [-0.15, -0.1) is 0 Å². The van der Waals surface area contributed by atoms with Crippen molar-refractivity contribution in [1.82, 2.24) is 14.1 Å². The molecule has 2 aromatic heterocycles. The molecule has 5 heteroatoms. The molecule has 0 unspecified atom stereocenters. The van der Waals surface area contributed by atoms with Crippen molar-refractivity contribution in [3.8, 4) is 0 Å². The predicted octanol–water partition coefficient (Wildman–Crippen LogP) is 2.49. The van der Waals surface area contributed by atoms with E-state index in [9.17, 15) is 4.79 Å². The monoisotopic (exact) mass is 261 g/mol. The van der Waals surface area contributed by atoms with E-state index in [0.29, 0.717) is 24.9 Å². The third-order valence-electron chi connectivity index (χ3n) is 2.95. The molecule has 102 valence electrons. The van der Waals surface area contributed by atoms with Gasteiger partial charge in [-0.3, -0.25) is 0 Å². The summed E-state index contributed by atoms with van der Waals surface area (Å²) in [6, 6.07) is 3.97. The topological polar surface area (TPSA) is 49.1 Å². The Labute approximate surface area is 112 Å². The van der Waals surface area contributed by atoms with Crippen molar-refractivity contribution in [3.63, 3.8) is 0 Å². The quantitative estimate of drug-likeness (QED) is 0.777. The molecule has 2 heterocycles. The van der Waals surface area contributed by atoms with Crippen molar-refractivity contribution >= 4 is 5.97 Å². The van der Waals surface area contributed by atoms with Crippen LogP contribution >= 0.6 is 0 Å². The number of hydrogen-bond acceptors (Lipinski definition) is 3. The molecule has 19 heavy (non-hydrogen) atoms. The van der Waals surface area contributed by atoms with Gasteiger partial charge in [0.05, 0.1) is 25.2 Å². The number of carbonyl (C=O) groups is 1. The van der Waals surface area contributed by atoms with Crippen molar-refractivity contribution in [3.05, 3.63) is 42.2 Å². The van der Waals surface area contributed by atoms with Gasteiger partial charge < -0.3 is 13.9 Å². The molecule has 0 N–H and O–H groups in total. The average Bonchev–Trinajstić information content (AvgIpc) is 2.98. The lowest BCUT2D eigenvalue weighted by Gasteiger charge is -2.13. The highest BCUT2D eigenvalue weighted by Gasteiger charge is 2.13. The van der Waals surface area contributed by atoms with Gasteiger partial charge in [-0.2, -0.15) is 0 Å². The molecule has 0 saturated carbocycles. The Balaban J connectivity index is 2.22. The first-order valence-electron chi connectivity index (χ1n) is 6.46. The maximum atomic E-state index is 11.8. The van der Waals surface area contributed by atoms with Crippen LogP contribution in [0.2, 0.25) is 0 Å². The normalized spacial score (nSPS) is 10.9. The van der Waals surface area contributed by atoms with Crippen LogP contribution in [0.5, 0.6) is 0 Å². The largest absolute Gasteiger partial charge is 0.461 e. The van der Waals surface area contributed by atoms with Crippen LogP contribution in [0, 0.1) is 0 Å². The Morgan fingerprint density at radius 1 is 1.47 bits per heavy atom. The number of imidazole rings is 1. The van der Waals surface area contributed by atoms with Crippen molar-refractivity contribution < 1.29 is 9.53 Å². The second kappa shape index (κ2) is 5.73. The van der Waals surface area contributed by atoms with Gasteiger partial charge in [0.1, 0.15) is 5.69 Å². The fourth-order valence-corrected chi connectivity index (χ4v) is 2.04. The summed E-state index contributed by atoms with van der Waals surface area (Å²) < 4.78 is 9.02. The van der Waals surface area contributed by atoms with Gasteiger partial charge in [0.2, 0.25) is 0 Å². The second-order valence-electron chi connectivity index (χ2n) is 4.63. The first-order valence-corrected chi connectivity index (χ1v) is 6.46. The number of hydrogen-bond donors (Lipinski definition) is 0. The summed E-state index contributed by atoms with van der Waals surface area (Å²) in [5.74, 6) is -0.289. The molecule has 0 aliphatic carbocycles. The van der Waals surface area contributed by atoms with E-state index >= 15 is 0 Å². The fraction of sp³-hybridized carbons (Fsp3) is 0.429. The van der Waals surface area contributed by atoms with Crippen molar-refractivity contribution in [2.75, 3.05) is 6.61 Å². The molecule has 5 nitrogen and oxygen atoms in total. The van der Waals surface area contributed by atoms with Gasteiger partial charge in [-0.1, -0.05) is 0 Å². The minimum Gasteiger partial charge on any atom is -0.461 e. The van der Waals surface area contributed by atoms with Crippen LogP contribution in [0.4, 0.5) is 0 Å². The molecule has 2 aromatic rings. The molecule has 0 bridgehead atoms. The Morgan fingerprint density at radius 3 is 2.95 bits per heavy atom. The van der Waals surface area contributed by atoms with Gasteiger partial charge in [0, 0.05) is 18.4 Å². The Kier molecular flexibility index (Phi) is 4.04. The van der Waals surface area contributed by atoms with E-state index in [0.717, 1.165) is 5.69 Å². The van der Waals surface area contributed by atoms with E-state index in [2.05, 4.69) is 23.4 Å². The van der Waals surface area contributed by atoms with Gasteiger partial charge in [0.15, 0.2) is 0 Å². The summed E-state index contributed by atoms with van der Waals surface area (Å²) in [4.78, 5) is 16.0. The van der Waals surface area contributed by atoms with Crippen LogP contribution in [-0.4, -0.2) is 26.7 Å². The predicted molar refractivity (Wildman–Crippen MR) is 72.1 cm³/mol. The molecule has 0 aromatic carbocycles. The van der Waals surface area contributed by atoms with E-state index in [1.165, 1.54) is 0 Å². The van der Waals surface area contributed by atoms with E-state index in [-0.39, 0.29) is 5.97 Å². The SMILES string of the molecule is CCOC(=O)c1cccn1Cc1cncn1C(C)C. The molecule has 0 saturated heterocycles. The zero-order valence-electron chi connectivity index (χ0n) is 11.5. The lowest BCUT2D eigenvalue weighted by atomic mass is 10.3. The van der Waals surface area contributed by atoms with Crippen LogP contribution < -0.4 is 0 Å². The highest BCUT2D eigenvalue weighted by molar-refractivity contribution is 5.87. The van der Waals surface area contributed by atoms with E-state index < -0.39 is 0 Å². The zero-order chi connectivity index (χ0) is 13.8. The summed E-state index contributed by atoms with van der Waals surface area (Å²) in [5.41, 5.74) is 1.63. The van der Waals surface area contributed by atoms with Gasteiger partial charge >= 0.3 is 5.97 Å². The van der Waals surface area contributed by atoms with Gasteiger partial charge in [-0.25, -0.2) is 9.78 Å². The first-order chi connectivity index (χ1) is 9.13. The molecular formula is C14H19N3O2. The maximum absolute atomic E-state index is 11.8. The van der Waals surface area contributed by atoms with Crippen molar-refractivity contribution in [2.45, 2.75) is 33.4 Å². The molecule has 0 radical (unpaired) electrons. The lowest BCUT2D eigenvalue weighted by Crippen LogP contribution is -2.14. The van der Waals surface area contributed by atoms with E-state index in [1.807, 2.05) is 29.4 Å². The van der Waals surface area contributed by atoms with Crippen LogP contribution in [0.25, 0.3) is 0 Å². The zero-order valence-corrected chi connectivity index (χ0v) is 11.5. The lowest BCUT2D eigenvalue weighted by molar-refractivity contribution is 0.0514. The third-order valence-corrected chi connectivity index (χ3v) is 2.95. The van der Waals surface area contributed by atoms with Crippen molar-refractivity contribution in [1.29, 1.82) is 0 Å². The smallest absolute Gasteiger partial charge is 0.354 e. The van der Waals surface area contributed by atoms with E-state index in [4.69, 9.17) is 4.74 Å².